The Kier molecular flexibility index (Phi) is 4.47. The summed E-state index contributed by atoms with van der Waals surface area (Å²) in [4.78, 5) is 19.3. The van der Waals surface area contributed by atoms with Gasteiger partial charge in [-0.3, -0.25) is 9.36 Å². The summed E-state index contributed by atoms with van der Waals surface area (Å²) in [5.41, 5.74) is 5.60. The van der Waals surface area contributed by atoms with Crippen molar-refractivity contribution in [2.24, 2.45) is 4.99 Å². The van der Waals surface area contributed by atoms with Crippen molar-refractivity contribution in [1.29, 1.82) is 0 Å². The molecule has 4 aromatic rings. The highest BCUT2D eigenvalue weighted by Gasteiger charge is 2.32. The molecule has 0 bridgehead atoms. The van der Waals surface area contributed by atoms with Crippen LogP contribution in [0, 0.1) is 0 Å². The number of thiazole rings is 1. The molecule has 158 valence electrons. The van der Waals surface area contributed by atoms with Gasteiger partial charge >= 0.3 is 0 Å². The molecule has 5 nitrogen and oxygen atoms in total. The smallest absolute Gasteiger partial charge is 0.271 e. The zero-order valence-corrected chi connectivity index (χ0v) is 18.3. The first-order valence-electron chi connectivity index (χ1n) is 10.5. The number of fused-ring (bicyclic) bond motifs is 3. The van der Waals surface area contributed by atoms with Gasteiger partial charge in [-0.2, -0.15) is 0 Å². The van der Waals surface area contributed by atoms with Gasteiger partial charge in [-0.25, -0.2) is 4.99 Å². The molecular weight excluding hydrogens is 420 g/mol. The standard InChI is InChI=1S/C26H20N2O3S/c1-30-18-8-4-7-17(14-18)24-21-12-11-16-6-2-3-10-20(16)23(21)27-26-28(24)25(29)22(32-26)15-19-9-5-13-31-19/h2-10,13-15,24H,11-12H2,1H3/b22-15-/t24-/m0/s1. The van der Waals surface area contributed by atoms with E-state index in [2.05, 4.69) is 30.3 Å². The van der Waals surface area contributed by atoms with E-state index in [1.165, 1.54) is 22.5 Å². The minimum Gasteiger partial charge on any atom is -0.497 e. The van der Waals surface area contributed by atoms with Crippen molar-refractivity contribution in [2.45, 2.75) is 18.9 Å². The second kappa shape index (κ2) is 7.50. The van der Waals surface area contributed by atoms with Crippen LogP contribution in [0.3, 0.4) is 0 Å². The molecule has 1 aliphatic heterocycles. The van der Waals surface area contributed by atoms with Crippen LogP contribution < -0.4 is 19.6 Å². The van der Waals surface area contributed by atoms with Gasteiger partial charge < -0.3 is 9.15 Å². The van der Waals surface area contributed by atoms with Gasteiger partial charge in [0.05, 0.1) is 29.6 Å². The van der Waals surface area contributed by atoms with E-state index < -0.39 is 0 Å². The quantitative estimate of drug-likeness (QED) is 0.485. The summed E-state index contributed by atoms with van der Waals surface area (Å²) < 4.78 is 13.4. The fraction of sp³-hybridized carbons (Fsp3) is 0.154. The molecule has 0 radical (unpaired) electrons. The molecule has 32 heavy (non-hydrogen) atoms. The van der Waals surface area contributed by atoms with Crippen molar-refractivity contribution in [1.82, 2.24) is 4.57 Å². The first kappa shape index (κ1) is 19.1. The summed E-state index contributed by atoms with van der Waals surface area (Å²) in [6.45, 7) is 0. The topological polar surface area (TPSA) is 56.7 Å². The van der Waals surface area contributed by atoms with Crippen molar-refractivity contribution in [3.05, 3.63) is 115 Å². The van der Waals surface area contributed by atoms with Crippen LogP contribution in [0.4, 0.5) is 0 Å². The Morgan fingerprint density at radius 1 is 1.12 bits per heavy atom. The molecular formula is C26H20N2O3S. The molecule has 1 aliphatic carbocycles. The average molecular weight is 441 g/mol. The van der Waals surface area contributed by atoms with E-state index in [-0.39, 0.29) is 11.6 Å². The summed E-state index contributed by atoms with van der Waals surface area (Å²) in [5, 5.41) is 0. The van der Waals surface area contributed by atoms with Gasteiger partial charge in [0.25, 0.3) is 5.56 Å². The summed E-state index contributed by atoms with van der Waals surface area (Å²) in [6.07, 6.45) is 5.20. The number of benzene rings is 2. The molecule has 0 fully saturated rings. The molecule has 0 amide bonds. The summed E-state index contributed by atoms with van der Waals surface area (Å²) in [5.74, 6) is 1.43. The lowest BCUT2D eigenvalue weighted by atomic mass is 9.83. The number of nitrogens with zero attached hydrogens (tertiary/aromatic N) is 2. The number of hydrogen-bond donors (Lipinski definition) is 0. The highest BCUT2D eigenvalue weighted by atomic mass is 32.1. The van der Waals surface area contributed by atoms with Crippen molar-refractivity contribution in [3.63, 3.8) is 0 Å². The third-order valence-electron chi connectivity index (χ3n) is 6.10. The van der Waals surface area contributed by atoms with Crippen LogP contribution in [0.25, 0.3) is 11.8 Å². The van der Waals surface area contributed by atoms with Gasteiger partial charge in [-0.15, -0.1) is 0 Å². The van der Waals surface area contributed by atoms with Crippen LogP contribution in [0.5, 0.6) is 5.75 Å². The molecule has 1 atom stereocenters. The van der Waals surface area contributed by atoms with E-state index in [0.717, 1.165) is 35.4 Å². The van der Waals surface area contributed by atoms with Gasteiger partial charge in [0.1, 0.15) is 11.5 Å². The summed E-state index contributed by atoms with van der Waals surface area (Å²) >= 11 is 1.40. The Labute approximate surface area is 188 Å². The molecule has 2 aromatic heterocycles. The normalized spacial score (nSPS) is 17.4. The highest BCUT2D eigenvalue weighted by Crippen LogP contribution is 2.41. The van der Waals surface area contributed by atoms with Crippen LogP contribution in [-0.4, -0.2) is 11.7 Å². The summed E-state index contributed by atoms with van der Waals surface area (Å²) in [7, 11) is 1.66. The lowest BCUT2D eigenvalue weighted by Crippen LogP contribution is -2.38. The molecule has 0 N–H and O–H groups in total. The number of aromatic nitrogens is 1. The highest BCUT2D eigenvalue weighted by molar-refractivity contribution is 7.07. The van der Waals surface area contributed by atoms with Crippen molar-refractivity contribution >= 4 is 23.1 Å². The molecule has 2 aliphatic rings. The van der Waals surface area contributed by atoms with Gasteiger partial charge in [0.15, 0.2) is 4.80 Å². The van der Waals surface area contributed by atoms with Gasteiger partial charge in [0.2, 0.25) is 0 Å². The zero-order chi connectivity index (χ0) is 21.7. The van der Waals surface area contributed by atoms with Crippen molar-refractivity contribution < 1.29 is 9.15 Å². The monoisotopic (exact) mass is 440 g/mol. The van der Waals surface area contributed by atoms with E-state index in [0.29, 0.717) is 15.1 Å². The van der Waals surface area contributed by atoms with Gasteiger partial charge in [-0.05, 0) is 53.8 Å². The second-order valence-corrected chi connectivity index (χ2v) is 8.91. The predicted octanol–water partition coefficient (Wildman–Crippen LogP) is 3.92. The van der Waals surface area contributed by atoms with Crippen LogP contribution >= 0.6 is 11.3 Å². The van der Waals surface area contributed by atoms with Crippen LogP contribution in [0.1, 0.15) is 34.9 Å². The fourth-order valence-corrected chi connectivity index (χ4v) is 5.62. The van der Waals surface area contributed by atoms with Crippen molar-refractivity contribution in [3.8, 4) is 5.75 Å². The molecule has 0 saturated carbocycles. The molecule has 0 saturated heterocycles. The minimum absolute atomic E-state index is 0.0524. The number of aryl methyl sites for hydroxylation is 1. The Morgan fingerprint density at radius 2 is 2.03 bits per heavy atom. The molecule has 3 heterocycles. The Balaban J connectivity index is 1.65. The Bertz CT molecular complexity index is 1540. The molecule has 0 unspecified atom stereocenters. The van der Waals surface area contributed by atoms with Crippen LogP contribution in [0.2, 0.25) is 0 Å². The maximum atomic E-state index is 13.6. The van der Waals surface area contributed by atoms with E-state index >= 15 is 0 Å². The second-order valence-electron chi connectivity index (χ2n) is 7.91. The zero-order valence-electron chi connectivity index (χ0n) is 17.4. The predicted molar refractivity (Wildman–Crippen MR) is 124 cm³/mol. The van der Waals surface area contributed by atoms with E-state index in [9.17, 15) is 4.79 Å². The first-order chi connectivity index (χ1) is 15.7. The number of allylic oxidation sites excluding steroid dienone is 1. The SMILES string of the molecule is COc1cccc([C@H]2C3=C(N=c4s/c(=C\c5ccco5)c(=O)n42)c2ccccc2CC3)c1. The third kappa shape index (κ3) is 2.99. The maximum absolute atomic E-state index is 13.6. The summed E-state index contributed by atoms with van der Waals surface area (Å²) in [6, 6.07) is 19.9. The van der Waals surface area contributed by atoms with E-state index in [1.54, 1.807) is 19.4 Å². The number of hydrogen-bond acceptors (Lipinski definition) is 5. The van der Waals surface area contributed by atoms with Gasteiger partial charge in [-0.1, -0.05) is 47.7 Å². The number of ether oxygens (including phenoxy) is 1. The molecule has 6 heteroatoms. The molecule has 6 rings (SSSR count). The van der Waals surface area contributed by atoms with Crippen LogP contribution in [-0.2, 0) is 6.42 Å². The van der Waals surface area contributed by atoms with Gasteiger partial charge in [0, 0.05) is 11.6 Å². The third-order valence-corrected chi connectivity index (χ3v) is 7.08. The number of furan rings is 1. The largest absolute Gasteiger partial charge is 0.497 e. The maximum Gasteiger partial charge on any atom is 0.271 e. The Hall–Kier alpha value is -3.64. The first-order valence-corrected chi connectivity index (χ1v) is 11.3. The average Bonchev–Trinajstić information content (AvgIpc) is 3.46. The molecule has 0 spiro atoms. The lowest BCUT2D eigenvalue weighted by molar-refractivity contribution is 0.413. The molecule has 2 aromatic carbocycles. The lowest BCUT2D eigenvalue weighted by Gasteiger charge is -2.31. The number of rotatable bonds is 3. The van der Waals surface area contributed by atoms with E-state index in [4.69, 9.17) is 14.1 Å². The number of methoxy groups -OCH3 is 1. The Morgan fingerprint density at radius 3 is 2.88 bits per heavy atom. The van der Waals surface area contributed by atoms with Crippen LogP contribution in [0.15, 0.2) is 86.7 Å². The van der Waals surface area contributed by atoms with Crippen molar-refractivity contribution in [2.75, 3.05) is 7.11 Å². The van der Waals surface area contributed by atoms with E-state index in [1.807, 2.05) is 34.9 Å². The minimum atomic E-state index is -0.219. The fourth-order valence-electron chi connectivity index (χ4n) is 4.64.